The average Bonchev–Trinajstić information content (AvgIpc) is 2.47. The zero-order chi connectivity index (χ0) is 16.3. The molecule has 122 valence electrons. The predicted molar refractivity (Wildman–Crippen MR) is 84.3 cm³/mol. The van der Waals surface area contributed by atoms with Crippen LogP contribution in [0.4, 0.5) is 0 Å². The number of carbonyl (C=O) groups is 2. The highest BCUT2D eigenvalue weighted by Gasteiger charge is 2.42. The summed E-state index contributed by atoms with van der Waals surface area (Å²) in [5.74, 6) is -0.444. The van der Waals surface area contributed by atoms with Crippen LogP contribution in [0.1, 0.15) is 39.5 Å². The molecule has 0 aliphatic heterocycles. The van der Waals surface area contributed by atoms with Crippen molar-refractivity contribution in [2.24, 2.45) is 35.5 Å². The van der Waals surface area contributed by atoms with Crippen LogP contribution in [0.15, 0.2) is 24.3 Å². The van der Waals surface area contributed by atoms with Gasteiger partial charge in [0.05, 0.1) is 6.42 Å². The molecule has 2 aliphatic carbocycles. The topological polar surface area (TPSA) is 74.6 Å². The van der Waals surface area contributed by atoms with Crippen LogP contribution in [-0.4, -0.2) is 22.2 Å². The number of aliphatic carboxylic acids is 2. The van der Waals surface area contributed by atoms with Crippen molar-refractivity contribution in [1.29, 1.82) is 0 Å². The van der Waals surface area contributed by atoms with Gasteiger partial charge in [0.2, 0.25) is 0 Å². The Bertz CT molecular complexity index is 479. The van der Waals surface area contributed by atoms with E-state index in [9.17, 15) is 14.7 Å². The van der Waals surface area contributed by atoms with Gasteiger partial charge in [0.25, 0.3) is 0 Å². The maximum atomic E-state index is 11.2. The molecule has 0 spiro atoms. The minimum absolute atomic E-state index is 0.0134. The van der Waals surface area contributed by atoms with Gasteiger partial charge in [0.1, 0.15) is 0 Å². The minimum atomic E-state index is -0.859. The molecule has 0 aromatic rings. The standard InChI is InChI=1S/C18H26O4/c1-3-11-5-7-15-14(13(11)4-2)8-6-12(9-17(19)20)16(15)10-18(21)22/h5-8,11-16H,3-4,9-10H2,1-2H3,(H,19,20)(H,21,22). The molecule has 22 heavy (non-hydrogen) atoms. The van der Waals surface area contributed by atoms with Crippen molar-refractivity contribution in [3.05, 3.63) is 24.3 Å². The fourth-order valence-electron chi connectivity index (χ4n) is 4.44. The van der Waals surface area contributed by atoms with Crippen molar-refractivity contribution in [3.8, 4) is 0 Å². The zero-order valence-corrected chi connectivity index (χ0v) is 13.3. The maximum Gasteiger partial charge on any atom is 0.303 e. The van der Waals surface area contributed by atoms with Gasteiger partial charge in [-0.05, 0) is 41.9 Å². The Balaban J connectivity index is 2.31. The first-order valence-electron chi connectivity index (χ1n) is 8.28. The summed E-state index contributed by atoms with van der Waals surface area (Å²) in [4.78, 5) is 22.3. The smallest absolute Gasteiger partial charge is 0.303 e. The van der Waals surface area contributed by atoms with Crippen molar-refractivity contribution in [3.63, 3.8) is 0 Å². The van der Waals surface area contributed by atoms with Crippen molar-refractivity contribution in [2.45, 2.75) is 39.5 Å². The lowest BCUT2D eigenvalue weighted by Gasteiger charge is -2.45. The summed E-state index contributed by atoms with van der Waals surface area (Å²) in [5, 5.41) is 18.3. The third-order valence-corrected chi connectivity index (χ3v) is 5.46. The molecule has 0 saturated heterocycles. The zero-order valence-electron chi connectivity index (χ0n) is 13.3. The van der Waals surface area contributed by atoms with E-state index in [-0.39, 0.29) is 30.6 Å². The lowest BCUT2D eigenvalue weighted by Crippen LogP contribution is -2.40. The summed E-state index contributed by atoms with van der Waals surface area (Å²) in [5.41, 5.74) is 0. The SMILES string of the molecule is CCC1C=CC2C(C=CC(CC(=O)O)C2CC(=O)O)C1CC. The quantitative estimate of drug-likeness (QED) is 0.735. The number of hydrogen-bond acceptors (Lipinski definition) is 2. The average molecular weight is 306 g/mol. The molecule has 2 aliphatic rings. The maximum absolute atomic E-state index is 11.2. The van der Waals surface area contributed by atoms with Gasteiger partial charge in [0.15, 0.2) is 0 Å². The van der Waals surface area contributed by atoms with Gasteiger partial charge in [-0.2, -0.15) is 0 Å². The van der Waals surface area contributed by atoms with Crippen LogP contribution in [0.3, 0.4) is 0 Å². The van der Waals surface area contributed by atoms with Gasteiger partial charge in [0, 0.05) is 6.42 Å². The molecule has 2 N–H and O–H groups in total. The van der Waals surface area contributed by atoms with Crippen molar-refractivity contribution < 1.29 is 19.8 Å². The van der Waals surface area contributed by atoms with Crippen LogP contribution < -0.4 is 0 Å². The predicted octanol–water partition coefficient (Wildman–Crippen LogP) is 3.59. The summed E-state index contributed by atoms with van der Waals surface area (Å²) in [7, 11) is 0. The second kappa shape index (κ2) is 7.12. The molecule has 0 radical (unpaired) electrons. The highest BCUT2D eigenvalue weighted by molar-refractivity contribution is 5.69. The van der Waals surface area contributed by atoms with Gasteiger partial charge in [-0.1, -0.05) is 44.6 Å². The van der Waals surface area contributed by atoms with E-state index in [0.29, 0.717) is 17.8 Å². The molecule has 4 nitrogen and oxygen atoms in total. The summed E-state index contributed by atoms with van der Waals surface area (Å²) in [6.45, 7) is 4.37. The molecule has 0 fully saturated rings. The van der Waals surface area contributed by atoms with Crippen LogP contribution in [0.2, 0.25) is 0 Å². The van der Waals surface area contributed by atoms with E-state index in [2.05, 4.69) is 32.1 Å². The van der Waals surface area contributed by atoms with Crippen LogP contribution >= 0.6 is 0 Å². The molecular weight excluding hydrogens is 280 g/mol. The first-order valence-corrected chi connectivity index (χ1v) is 8.28. The first-order chi connectivity index (χ1) is 10.5. The molecule has 6 atom stereocenters. The molecule has 0 heterocycles. The second-order valence-electron chi connectivity index (χ2n) is 6.59. The Labute approximate surface area is 131 Å². The monoisotopic (exact) mass is 306 g/mol. The van der Waals surface area contributed by atoms with Gasteiger partial charge in [-0.25, -0.2) is 0 Å². The van der Waals surface area contributed by atoms with E-state index in [0.717, 1.165) is 12.8 Å². The Hall–Kier alpha value is -1.58. The highest BCUT2D eigenvalue weighted by atomic mass is 16.4. The Morgan fingerprint density at radius 2 is 1.32 bits per heavy atom. The number of carboxylic acid groups (broad SMARTS) is 2. The van der Waals surface area contributed by atoms with Gasteiger partial charge in [-0.15, -0.1) is 0 Å². The first kappa shape index (κ1) is 16.8. The fourth-order valence-corrected chi connectivity index (χ4v) is 4.44. The third-order valence-electron chi connectivity index (χ3n) is 5.46. The van der Waals surface area contributed by atoms with E-state index in [1.807, 2.05) is 6.08 Å². The molecule has 0 amide bonds. The van der Waals surface area contributed by atoms with Crippen molar-refractivity contribution >= 4 is 11.9 Å². The molecule has 4 heteroatoms. The van der Waals surface area contributed by atoms with E-state index in [4.69, 9.17) is 5.11 Å². The summed E-state index contributed by atoms with van der Waals surface area (Å²) in [6.07, 6.45) is 10.7. The fraction of sp³-hybridized carbons (Fsp3) is 0.667. The third kappa shape index (κ3) is 3.42. The van der Waals surface area contributed by atoms with Crippen LogP contribution in [0.25, 0.3) is 0 Å². The number of allylic oxidation sites excluding steroid dienone is 4. The minimum Gasteiger partial charge on any atom is -0.481 e. The Morgan fingerprint density at radius 3 is 1.82 bits per heavy atom. The van der Waals surface area contributed by atoms with Gasteiger partial charge >= 0.3 is 11.9 Å². The number of fused-ring (bicyclic) bond motifs is 1. The molecule has 0 aromatic carbocycles. The number of carboxylic acids is 2. The van der Waals surface area contributed by atoms with Crippen molar-refractivity contribution in [2.75, 3.05) is 0 Å². The number of rotatable bonds is 6. The van der Waals surface area contributed by atoms with E-state index in [1.165, 1.54) is 0 Å². The second-order valence-corrected chi connectivity index (χ2v) is 6.59. The molecular formula is C18H26O4. The molecule has 6 unspecified atom stereocenters. The molecule has 0 bridgehead atoms. The highest BCUT2D eigenvalue weighted by Crippen LogP contribution is 2.48. The summed E-state index contributed by atoms with van der Waals surface area (Å²) >= 11 is 0. The Kier molecular flexibility index (Phi) is 5.43. The van der Waals surface area contributed by atoms with Crippen LogP contribution in [-0.2, 0) is 9.59 Å². The largest absolute Gasteiger partial charge is 0.481 e. The van der Waals surface area contributed by atoms with Gasteiger partial charge < -0.3 is 10.2 Å². The lowest BCUT2D eigenvalue weighted by atomic mass is 9.59. The van der Waals surface area contributed by atoms with E-state index >= 15 is 0 Å². The number of hydrogen-bond donors (Lipinski definition) is 2. The molecule has 0 aromatic heterocycles. The molecule has 2 rings (SSSR count). The van der Waals surface area contributed by atoms with Crippen molar-refractivity contribution in [1.82, 2.24) is 0 Å². The van der Waals surface area contributed by atoms with Crippen LogP contribution in [0, 0.1) is 35.5 Å². The Morgan fingerprint density at radius 1 is 0.773 bits per heavy atom. The normalized spacial score (nSPS) is 36.8. The van der Waals surface area contributed by atoms with Crippen LogP contribution in [0.5, 0.6) is 0 Å². The van der Waals surface area contributed by atoms with E-state index in [1.54, 1.807) is 0 Å². The lowest BCUT2D eigenvalue weighted by molar-refractivity contribution is -0.142. The summed E-state index contributed by atoms with van der Waals surface area (Å²) in [6, 6.07) is 0. The van der Waals surface area contributed by atoms with E-state index < -0.39 is 11.9 Å². The van der Waals surface area contributed by atoms with Gasteiger partial charge in [-0.3, -0.25) is 9.59 Å². The summed E-state index contributed by atoms with van der Waals surface area (Å²) < 4.78 is 0. The molecule has 0 saturated carbocycles.